The molecule has 0 atom stereocenters. The number of amides is 2. The summed E-state index contributed by atoms with van der Waals surface area (Å²) in [7, 11) is 0. The predicted molar refractivity (Wildman–Crippen MR) is 70.7 cm³/mol. The van der Waals surface area contributed by atoms with E-state index in [1.807, 2.05) is 19.9 Å². The van der Waals surface area contributed by atoms with Crippen LogP contribution in [-0.2, 0) is 9.53 Å². The lowest BCUT2D eigenvalue weighted by molar-refractivity contribution is -0.127. The second-order valence-corrected chi connectivity index (χ2v) is 5.21. The van der Waals surface area contributed by atoms with Crippen molar-refractivity contribution in [2.24, 2.45) is 5.73 Å². The van der Waals surface area contributed by atoms with E-state index in [1.54, 1.807) is 12.1 Å². The van der Waals surface area contributed by atoms with Gasteiger partial charge in [0.2, 0.25) is 5.91 Å². The predicted octanol–water partition coefficient (Wildman–Crippen LogP) is 0.678. The molecule has 1 aliphatic heterocycles. The standard InChI is InChI=1S/C14H18N2O3/c1-9-3-4-11(5-10(9)2)13(18)16-12(17)6-14(15)7-19-8-14/h3-5H,6-8,15H2,1-2H3,(H,16,17,18). The van der Waals surface area contributed by atoms with Crippen molar-refractivity contribution < 1.29 is 14.3 Å². The van der Waals surface area contributed by atoms with Gasteiger partial charge >= 0.3 is 0 Å². The maximum Gasteiger partial charge on any atom is 0.257 e. The van der Waals surface area contributed by atoms with Crippen LogP contribution in [0.2, 0.25) is 0 Å². The van der Waals surface area contributed by atoms with E-state index >= 15 is 0 Å². The molecule has 0 radical (unpaired) electrons. The smallest absolute Gasteiger partial charge is 0.257 e. The molecule has 0 spiro atoms. The van der Waals surface area contributed by atoms with Crippen LogP contribution in [0.1, 0.15) is 27.9 Å². The largest absolute Gasteiger partial charge is 0.377 e. The number of carbonyl (C=O) groups excluding carboxylic acids is 2. The Balaban J connectivity index is 1.96. The van der Waals surface area contributed by atoms with Crippen LogP contribution in [-0.4, -0.2) is 30.6 Å². The number of imide groups is 1. The van der Waals surface area contributed by atoms with Crippen LogP contribution < -0.4 is 11.1 Å². The van der Waals surface area contributed by atoms with Crippen molar-refractivity contribution in [1.82, 2.24) is 5.32 Å². The van der Waals surface area contributed by atoms with Gasteiger partial charge in [-0.3, -0.25) is 14.9 Å². The fourth-order valence-corrected chi connectivity index (χ4v) is 1.91. The fourth-order valence-electron chi connectivity index (χ4n) is 1.91. The van der Waals surface area contributed by atoms with E-state index in [2.05, 4.69) is 5.32 Å². The molecule has 0 aliphatic carbocycles. The average molecular weight is 262 g/mol. The molecule has 5 nitrogen and oxygen atoms in total. The highest BCUT2D eigenvalue weighted by Crippen LogP contribution is 2.17. The molecular weight excluding hydrogens is 244 g/mol. The number of aryl methyl sites for hydroxylation is 2. The molecule has 1 aliphatic rings. The van der Waals surface area contributed by atoms with E-state index in [4.69, 9.17) is 10.5 Å². The molecule has 0 aromatic heterocycles. The Morgan fingerprint density at radius 3 is 2.53 bits per heavy atom. The van der Waals surface area contributed by atoms with Gasteiger partial charge in [0.25, 0.3) is 5.91 Å². The van der Waals surface area contributed by atoms with Crippen LogP contribution in [0.3, 0.4) is 0 Å². The highest BCUT2D eigenvalue weighted by atomic mass is 16.5. The summed E-state index contributed by atoms with van der Waals surface area (Å²) in [5, 5.41) is 2.35. The summed E-state index contributed by atoms with van der Waals surface area (Å²) < 4.78 is 4.97. The van der Waals surface area contributed by atoms with Crippen molar-refractivity contribution in [3.8, 4) is 0 Å². The number of hydrogen-bond acceptors (Lipinski definition) is 4. The Labute approximate surface area is 112 Å². The molecule has 2 amide bonds. The van der Waals surface area contributed by atoms with Crippen molar-refractivity contribution in [2.45, 2.75) is 25.8 Å². The van der Waals surface area contributed by atoms with E-state index in [1.165, 1.54) is 0 Å². The van der Waals surface area contributed by atoms with E-state index in [-0.39, 0.29) is 12.3 Å². The minimum Gasteiger partial charge on any atom is -0.377 e. The summed E-state index contributed by atoms with van der Waals surface area (Å²) in [6.07, 6.45) is 0.101. The van der Waals surface area contributed by atoms with Gasteiger partial charge in [-0.05, 0) is 37.1 Å². The molecule has 1 saturated heterocycles. The molecule has 1 heterocycles. The lowest BCUT2D eigenvalue weighted by atomic mass is 9.94. The molecular formula is C14H18N2O3. The Bertz CT molecular complexity index is 521. The van der Waals surface area contributed by atoms with Crippen molar-refractivity contribution in [3.63, 3.8) is 0 Å². The lowest BCUT2D eigenvalue weighted by Gasteiger charge is -2.36. The Kier molecular flexibility index (Phi) is 3.68. The Morgan fingerprint density at radius 1 is 1.32 bits per heavy atom. The third kappa shape index (κ3) is 3.19. The summed E-state index contributed by atoms with van der Waals surface area (Å²) in [5.41, 5.74) is 7.85. The quantitative estimate of drug-likeness (QED) is 0.839. The highest BCUT2D eigenvalue weighted by molar-refractivity contribution is 6.05. The maximum absolute atomic E-state index is 11.9. The van der Waals surface area contributed by atoms with Crippen molar-refractivity contribution in [2.75, 3.05) is 13.2 Å². The fraction of sp³-hybridized carbons (Fsp3) is 0.429. The van der Waals surface area contributed by atoms with Crippen molar-refractivity contribution >= 4 is 11.8 Å². The Morgan fingerprint density at radius 2 is 2.00 bits per heavy atom. The molecule has 102 valence electrons. The van der Waals surface area contributed by atoms with Crippen molar-refractivity contribution in [3.05, 3.63) is 34.9 Å². The molecule has 0 bridgehead atoms. The SMILES string of the molecule is Cc1ccc(C(=O)NC(=O)CC2(N)COC2)cc1C. The van der Waals surface area contributed by atoms with Gasteiger partial charge in [0, 0.05) is 12.0 Å². The zero-order valence-electron chi connectivity index (χ0n) is 11.2. The van der Waals surface area contributed by atoms with Gasteiger partial charge in [-0.15, -0.1) is 0 Å². The number of benzene rings is 1. The third-order valence-corrected chi connectivity index (χ3v) is 3.31. The number of ether oxygens (including phenoxy) is 1. The second kappa shape index (κ2) is 5.11. The van der Waals surface area contributed by atoms with Crippen LogP contribution in [0.25, 0.3) is 0 Å². The zero-order chi connectivity index (χ0) is 14.0. The molecule has 0 saturated carbocycles. The minimum absolute atomic E-state index is 0.101. The summed E-state index contributed by atoms with van der Waals surface area (Å²) in [6, 6.07) is 5.33. The topological polar surface area (TPSA) is 81.4 Å². The maximum atomic E-state index is 11.9. The number of hydrogen-bond donors (Lipinski definition) is 2. The average Bonchev–Trinajstić information content (AvgIpc) is 2.30. The number of rotatable bonds is 3. The second-order valence-electron chi connectivity index (χ2n) is 5.21. The van der Waals surface area contributed by atoms with E-state index < -0.39 is 11.4 Å². The van der Waals surface area contributed by atoms with E-state index in [9.17, 15) is 9.59 Å². The summed E-state index contributed by atoms with van der Waals surface area (Å²) in [5.74, 6) is -0.758. The summed E-state index contributed by atoms with van der Waals surface area (Å²) in [4.78, 5) is 23.6. The normalized spacial score (nSPS) is 16.6. The molecule has 19 heavy (non-hydrogen) atoms. The first-order valence-corrected chi connectivity index (χ1v) is 6.18. The van der Waals surface area contributed by atoms with Crippen LogP contribution in [0, 0.1) is 13.8 Å². The minimum atomic E-state index is -0.618. The number of nitrogens with one attached hydrogen (secondary N) is 1. The highest BCUT2D eigenvalue weighted by Gasteiger charge is 2.36. The van der Waals surface area contributed by atoms with Gasteiger partial charge in [0.05, 0.1) is 18.8 Å². The van der Waals surface area contributed by atoms with Gasteiger partial charge in [-0.2, -0.15) is 0 Å². The molecule has 0 unspecified atom stereocenters. The molecule has 2 rings (SSSR count). The van der Waals surface area contributed by atoms with Crippen LogP contribution in [0.15, 0.2) is 18.2 Å². The lowest BCUT2D eigenvalue weighted by Crippen LogP contribution is -2.59. The van der Waals surface area contributed by atoms with E-state index in [0.717, 1.165) is 11.1 Å². The third-order valence-electron chi connectivity index (χ3n) is 3.31. The monoisotopic (exact) mass is 262 g/mol. The van der Waals surface area contributed by atoms with Gasteiger partial charge in [0.1, 0.15) is 0 Å². The first kappa shape index (κ1) is 13.7. The van der Waals surface area contributed by atoms with Gasteiger partial charge in [-0.1, -0.05) is 6.07 Å². The van der Waals surface area contributed by atoms with Gasteiger partial charge < -0.3 is 10.5 Å². The van der Waals surface area contributed by atoms with Crippen LogP contribution in [0.4, 0.5) is 0 Å². The summed E-state index contributed by atoms with van der Waals surface area (Å²) in [6.45, 7) is 4.61. The molecule has 1 fully saturated rings. The van der Waals surface area contributed by atoms with Crippen molar-refractivity contribution in [1.29, 1.82) is 0 Å². The van der Waals surface area contributed by atoms with Crippen LogP contribution in [0.5, 0.6) is 0 Å². The van der Waals surface area contributed by atoms with Crippen LogP contribution >= 0.6 is 0 Å². The van der Waals surface area contributed by atoms with E-state index in [0.29, 0.717) is 18.8 Å². The number of nitrogens with two attached hydrogens (primary N) is 1. The molecule has 3 N–H and O–H groups in total. The number of carbonyl (C=O) groups is 2. The van der Waals surface area contributed by atoms with Gasteiger partial charge in [-0.25, -0.2) is 0 Å². The molecule has 5 heteroatoms. The Hall–Kier alpha value is -1.72. The zero-order valence-corrected chi connectivity index (χ0v) is 11.2. The summed E-state index contributed by atoms with van der Waals surface area (Å²) >= 11 is 0. The molecule has 1 aromatic rings. The first-order chi connectivity index (χ1) is 8.89. The van der Waals surface area contributed by atoms with Gasteiger partial charge in [0.15, 0.2) is 0 Å². The first-order valence-electron chi connectivity index (χ1n) is 6.18. The molecule has 1 aromatic carbocycles.